The van der Waals surface area contributed by atoms with E-state index in [2.05, 4.69) is 28.9 Å². The van der Waals surface area contributed by atoms with Gasteiger partial charge in [0.15, 0.2) is 17.8 Å². The van der Waals surface area contributed by atoms with Crippen LogP contribution in [0.2, 0.25) is 0 Å². The van der Waals surface area contributed by atoms with Gasteiger partial charge in [-0.1, -0.05) is 43.3 Å². The van der Waals surface area contributed by atoms with Gasteiger partial charge in [-0.15, -0.1) is 0 Å². The molecule has 4 rings (SSSR count). The molecule has 1 amide bonds. The lowest BCUT2D eigenvalue weighted by atomic mass is 10.0. The summed E-state index contributed by atoms with van der Waals surface area (Å²) in [6.45, 7) is 6.59. The molecular weight excluding hydrogens is 326 g/mol. The number of amides is 1. The highest BCUT2D eigenvalue weighted by atomic mass is 16.3. The first kappa shape index (κ1) is 16.8. The van der Waals surface area contributed by atoms with Crippen LogP contribution in [0.4, 0.5) is 0 Å². The Morgan fingerprint density at radius 1 is 1.08 bits per heavy atom. The Bertz CT molecular complexity index is 910. The lowest BCUT2D eigenvalue weighted by Crippen LogP contribution is -2.48. The van der Waals surface area contributed by atoms with Gasteiger partial charge in [0.2, 0.25) is 0 Å². The Morgan fingerprint density at radius 3 is 2.62 bits per heavy atom. The molecule has 1 aliphatic rings. The number of carbonyl (C=O) groups excluding carboxylic acids is 1. The van der Waals surface area contributed by atoms with Gasteiger partial charge in [-0.3, -0.25) is 9.69 Å². The molecule has 1 aromatic heterocycles. The van der Waals surface area contributed by atoms with Crippen LogP contribution in [0.15, 0.2) is 53.3 Å². The average Bonchev–Trinajstić information content (AvgIpc) is 3.18. The van der Waals surface area contributed by atoms with Crippen LogP contribution < -0.4 is 0 Å². The summed E-state index contributed by atoms with van der Waals surface area (Å²) in [6.07, 6.45) is 2.51. The third kappa shape index (κ3) is 3.22. The fourth-order valence-corrected chi connectivity index (χ4v) is 3.57. The number of carbonyl (C=O) groups is 1. The van der Waals surface area contributed by atoms with Gasteiger partial charge in [0.05, 0.1) is 0 Å². The number of piperazine rings is 1. The zero-order valence-electron chi connectivity index (χ0n) is 15.0. The standard InChI is InChI=1S/C21H23N3O2/c1-2-9-23-10-12-24(13-11-23)21(25)19-20(26-15-22-19)18-8-7-16-5-3-4-6-17(16)14-18/h3-8,14-15H,2,9-13H2,1H3. The average molecular weight is 349 g/mol. The van der Waals surface area contributed by atoms with Gasteiger partial charge < -0.3 is 9.32 Å². The molecule has 0 bridgehead atoms. The maximum Gasteiger partial charge on any atom is 0.276 e. The third-order valence-electron chi connectivity index (χ3n) is 4.98. The van der Waals surface area contributed by atoms with Crippen molar-refractivity contribution < 1.29 is 9.21 Å². The molecule has 1 fully saturated rings. The largest absolute Gasteiger partial charge is 0.443 e. The molecule has 0 radical (unpaired) electrons. The lowest BCUT2D eigenvalue weighted by Gasteiger charge is -2.34. The Kier molecular flexibility index (Phi) is 4.71. The third-order valence-corrected chi connectivity index (χ3v) is 4.98. The van der Waals surface area contributed by atoms with E-state index in [1.54, 1.807) is 0 Å². The number of benzene rings is 2. The molecule has 26 heavy (non-hydrogen) atoms. The highest BCUT2D eigenvalue weighted by molar-refractivity contribution is 5.98. The fourth-order valence-electron chi connectivity index (χ4n) is 3.57. The van der Waals surface area contributed by atoms with Crippen LogP contribution in [-0.4, -0.2) is 53.4 Å². The van der Waals surface area contributed by atoms with Crippen molar-refractivity contribution in [1.82, 2.24) is 14.8 Å². The van der Waals surface area contributed by atoms with Gasteiger partial charge >= 0.3 is 0 Å². The monoisotopic (exact) mass is 349 g/mol. The van der Waals surface area contributed by atoms with Gasteiger partial charge in [0, 0.05) is 31.7 Å². The summed E-state index contributed by atoms with van der Waals surface area (Å²) in [4.78, 5) is 21.5. The first-order valence-corrected chi connectivity index (χ1v) is 9.20. The van der Waals surface area contributed by atoms with Gasteiger partial charge in [-0.2, -0.15) is 0 Å². The van der Waals surface area contributed by atoms with Crippen molar-refractivity contribution in [3.63, 3.8) is 0 Å². The molecule has 0 aliphatic carbocycles. The minimum Gasteiger partial charge on any atom is -0.443 e. The second-order valence-electron chi connectivity index (χ2n) is 6.73. The first-order valence-electron chi connectivity index (χ1n) is 9.20. The molecule has 0 saturated carbocycles. The van der Waals surface area contributed by atoms with E-state index in [1.807, 2.05) is 35.2 Å². The predicted octanol–water partition coefficient (Wildman–Crippen LogP) is 3.66. The molecule has 3 aromatic rings. The van der Waals surface area contributed by atoms with Crippen LogP contribution in [0.25, 0.3) is 22.1 Å². The van der Waals surface area contributed by atoms with E-state index in [-0.39, 0.29) is 5.91 Å². The molecule has 1 aliphatic heterocycles. The number of rotatable bonds is 4. The number of aromatic nitrogens is 1. The van der Waals surface area contributed by atoms with Crippen LogP contribution in [0.3, 0.4) is 0 Å². The highest BCUT2D eigenvalue weighted by Crippen LogP contribution is 2.28. The molecule has 5 nitrogen and oxygen atoms in total. The Hall–Kier alpha value is -2.66. The molecule has 0 spiro atoms. The van der Waals surface area contributed by atoms with E-state index in [4.69, 9.17) is 4.42 Å². The van der Waals surface area contributed by atoms with Crippen LogP contribution in [0.5, 0.6) is 0 Å². The number of hydrogen-bond donors (Lipinski definition) is 0. The molecule has 2 aromatic carbocycles. The van der Waals surface area contributed by atoms with Gasteiger partial charge in [-0.05, 0) is 29.8 Å². The summed E-state index contributed by atoms with van der Waals surface area (Å²) in [5.74, 6) is 0.509. The van der Waals surface area contributed by atoms with E-state index < -0.39 is 0 Å². The minimum absolute atomic E-state index is 0.0435. The van der Waals surface area contributed by atoms with Crippen LogP contribution in [-0.2, 0) is 0 Å². The predicted molar refractivity (Wildman–Crippen MR) is 102 cm³/mol. The van der Waals surface area contributed by atoms with E-state index in [1.165, 1.54) is 6.39 Å². The van der Waals surface area contributed by atoms with Crippen molar-refractivity contribution in [3.8, 4) is 11.3 Å². The molecule has 5 heteroatoms. The summed E-state index contributed by atoms with van der Waals surface area (Å²) in [6, 6.07) is 14.2. The van der Waals surface area contributed by atoms with Crippen LogP contribution in [0.1, 0.15) is 23.8 Å². The fraction of sp³-hybridized carbons (Fsp3) is 0.333. The number of nitrogens with zero attached hydrogens (tertiary/aromatic N) is 3. The molecule has 0 unspecified atom stereocenters. The summed E-state index contributed by atoms with van der Waals surface area (Å²) >= 11 is 0. The van der Waals surface area contributed by atoms with Crippen LogP contribution in [0, 0.1) is 0 Å². The van der Waals surface area contributed by atoms with E-state index in [0.29, 0.717) is 11.5 Å². The highest BCUT2D eigenvalue weighted by Gasteiger charge is 2.26. The topological polar surface area (TPSA) is 49.6 Å². The number of fused-ring (bicyclic) bond motifs is 1. The van der Waals surface area contributed by atoms with Gasteiger partial charge in [0.25, 0.3) is 5.91 Å². The quantitative estimate of drug-likeness (QED) is 0.721. The maximum atomic E-state index is 13.0. The summed E-state index contributed by atoms with van der Waals surface area (Å²) < 4.78 is 5.60. The van der Waals surface area contributed by atoms with Gasteiger partial charge in [0.1, 0.15) is 0 Å². The van der Waals surface area contributed by atoms with Gasteiger partial charge in [-0.25, -0.2) is 4.98 Å². The smallest absolute Gasteiger partial charge is 0.276 e. The molecule has 2 heterocycles. The zero-order valence-corrected chi connectivity index (χ0v) is 15.0. The van der Waals surface area contributed by atoms with Crippen molar-refractivity contribution in [2.75, 3.05) is 32.7 Å². The van der Waals surface area contributed by atoms with Crippen molar-refractivity contribution >= 4 is 16.7 Å². The molecule has 0 N–H and O–H groups in total. The van der Waals surface area contributed by atoms with Crippen molar-refractivity contribution in [1.29, 1.82) is 0 Å². The second-order valence-corrected chi connectivity index (χ2v) is 6.73. The van der Waals surface area contributed by atoms with Crippen molar-refractivity contribution in [2.24, 2.45) is 0 Å². The summed E-state index contributed by atoms with van der Waals surface area (Å²) in [7, 11) is 0. The number of hydrogen-bond acceptors (Lipinski definition) is 4. The van der Waals surface area contributed by atoms with Crippen LogP contribution >= 0.6 is 0 Å². The summed E-state index contributed by atoms with van der Waals surface area (Å²) in [5.41, 5.74) is 1.29. The Morgan fingerprint density at radius 2 is 1.85 bits per heavy atom. The normalized spacial score (nSPS) is 15.5. The van der Waals surface area contributed by atoms with E-state index in [9.17, 15) is 4.79 Å². The lowest BCUT2D eigenvalue weighted by molar-refractivity contribution is 0.0632. The molecule has 134 valence electrons. The number of oxazole rings is 1. The maximum absolute atomic E-state index is 13.0. The van der Waals surface area contributed by atoms with E-state index >= 15 is 0 Å². The first-order chi connectivity index (χ1) is 12.8. The Balaban J connectivity index is 1.57. The zero-order chi connectivity index (χ0) is 17.9. The molecular formula is C21H23N3O2. The van der Waals surface area contributed by atoms with Crippen molar-refractivity contribution in [2.45, 2.75) is 13.3 Å². The summed E-state index contributed by atoms with van der Waals surface area (Å²) in [5, 5.41) is 2.28. The van der Waals surface area contributed by atoms with Crippen molar-refractivity contribution in [3.05, 3.63) is 54.6 Å². The molecule has 0 atom stereocenters. The minimum atomic E-state index is -0.0435. The second kappa shape index (κ2) is 7.30. The SMILES string of the molecule is CCCN1CCN(C(=O)c2ncoc2-c2ccc3ccccc3c2)CC1. The molecule has 1 saturated heterocycles. The van der Waals surface area contributed by atoms with E-state index in [0.717, 1.165) is 55.5 Å². The Labute approximate surface area is 153 Å².